The Morgan fingerprint density at radius 1 is 1.52 bits per heavy atom. The first-order valence-corrected chi connectivity index (χ1v) is 7.42. The maximum absolute atomic E-state index is 12.7. The summed E-state index contributed by atoms with van der Waals surface area (Å²) in [4.78, 5) is 15.0. The van der Waals surface area contributed by atoms with Gasteiger partial charge in [0, 0.05) is 18.7 Å². The molecule has 0 spiro atoms. The number of carbonyl (C=O) groups excluding carboxylic acids is 1. The van der Waals surface area contributed by atoms with Crippen molar-refractivity contribution in [2.75, 3.05) is 32.4 Å². The number of piperidine rings is 3. The summed E-state index contributed by atoms with van der Waals surface area (Å²) >= 11 is 6.00. The van der Waals surface area contributed by atoms with E-state index in [2.05, 4.69) is 10.2 Å². The third kappa shape index (κ3) is 2.80. The van der Waals surface area contributed by atoms with Gasteiger partial charge in [0.05, 0.1) is 27.4 Å². The number of anilines is 1. The number of halogens is 1. The van der Waals surface area contributed by atoms with Crippen molar-refractivity contribution >= 4 is 23.2 Å². The van der Waals surface area contributed by atoms with Crippen molar-refractivity contribution < 1.29 is 13.6 Å². The van der Waals surface area contributed by atoms with Crippen LogP contribution in [0.5, 0.6) is 5.75 Å². The number of nitrogens with zero attached hydrogens (tertiary/aromatic N) is 1. The number of rotatable bonds is 3. The van der Waals surface area contributed by atoms with Crippen LogP contribution >= 0.6 is 11.6 Å². The fraction of sp³-hybridized carbons (Fsp3) is 0.533. The van der Waals surface area contributed by atoms with Crippen molar-refractivity contribution in [3.8, 4) is 5.75 Å². The van der Waals surface area contributed by atoms with Crippen molar-refractivity contribution in [3.05, 3.63) is 22.7 Å². The van der Waals surface area contributed by atoms with Gasteiger partial charge in [-0.05, 0) is 37.9 Å². The monoisotopic (exact) mass is 315 g/mol. The third-order valence-electron chi connectivity index (χ3n) is 4.43. The molecule has 4 rings (SSSR count). The van der Waals surface area contributed by atoms with Crippen molar-refractivity contribution in [3.63, 3.8) is 0 Å². The van der Waals surface area contributed by atoms with Gasteiger partial charge in [0.25, 0.3) is 5.91 Å². The number of amides is 1. The van der Waals surface area contributed by atoms with Crippen LogP contribution < -0.4 is 15.8 Å². The predicted octanol–water partition coefficient (Wildman–Crippen LogP) is 1.75. The van der Waals surface area contributed by atoms with Crippen LogP contribution in [-0.4, -0.2) is 43.5 Å². The highest BCUT2D eigenvalue weighted by Crippen LogP contribution is 2.31. The molecular weight excluding hydrogens is 290 g/mol. The van der Waals surface area contributed by atoms with Crippen molar-refractivity contribution in [2.45, 2.75) is 18.9 Å². The standard InChI is InChI=1S/C15H20ClN3O2/c1-21-14-7-12(17)11(16)6-10(14)15(20)18-13-8-19-4-2-9(13)3-5-19/h6-7,9,13H,2-5,8,17H2,1H3,(H,18,20)/t13-/m1/s1/i1T3. The number of fused-ring (bicyclic) bond motifs is 3. The molecule has 0 radical (unpaired) electrons. The Hall–Kier alpha value is -1.46. The molecule has 1 atom stereocenters. The molecule has 1 aromatic rings. The number of benzene rings is 1. The number of hydrogen-bond donors (Lipinski definition) is 2. The van der Waals surface area contributed by atoms with E-state index in [0.29, 0.717) is 5.92 Å². The molecule has 0 aromatic heterocycles. The summed E-state index contributed by atoms with van der Waals surface area (Å²) in [6, 6.07) is 2.69. The summed E-state index contributed by atoms with van der Waals surface area (Å²) in [7, 11) is -2.68. The lowest BCUT2D eigenvalue weighted by Crippen LogP contribution is -2.57. The lowest BCUT2D eigenvalue weighted by atomic mass is 9.84. The zero-order valence-corrected chi connectivity index (χ0v) is 12.3. The molecule has 3 fully saturated rings. The average molecular weight is 316 g/mol. The number of ether oxygens (including phenoxy) is 1. The summed E-state index contributed by atoms with van der Waals surface area (Å²) in [5, 5.41) is 3.18. The van der Waals surface area contributed by atoms with E-state index in [0.717, 1.165) is 32.5 Å². The van der Waals surface area contributed by atoms with Crippen LogP contribution in [0.1, 0.15) is 27.3 Å². The predicted molar refractivity (Wildman–Crippen MR) is 82.8 cm³/mol. The van der Waals surface area contributed by atoms with Gasteiger partial charge < -0.3 is 20.7 Å². The molecule has 1 amide bonds. The molecular formula is C15H20ClN3O2. The van der Waals surface area contributed by atoms with E-state index in [4.69, 9.17) is 26.2 Å². The Balaban J connectivity index is 1.82. The number of hydrogen-bond acceptors (Lipinski definition) is 4. The molecule has 3 aliphatic rings. The van der Waals surface area contributed by atoms with Gasteiger partial charge in [-0.1, -0.05) is 11.6 Å². The Labute approximate surface area is 133 Å². The van der Waals surface area contributed by atoms with Crippen LogP contribution in [-0.2, 0) is 0 Å². The highest BCUT2D eigenvalue weighted by molar-refractivity contribution is 6.33. The summed E-state index contributed by atoms with van der Waals surface area (Å²) in [5.74, 6) is -0.0271. The van der Waals surface area contributed by atoms with Crippen LogP contribution in [0.4, 0.5) is 5.69 Å². The molecule has 114 valence electrons. The molecule has 0 unspecified atom stereocenters. The maximum Gasteiger partial charge on any atom is 0.255 e. The van der Waals surface area contributed by atoms with Gasteiger partial charge in [0.15, 0.2) is 0 Å². The molecule has 0 saturated carbocycles. The zero-order chi connectivity index (χ0) is 17.5. The van der Waals surface area contributed by atoms with E-state index in [1.807, 2.05) is 0 Å². The van der Waals surface area contributed by atoms with Crippen LogP contribution in [0.25, 0.3) is 0 Å². The Kier molecular flexibility index (Phi) is 3.05. The minimum atomic E-state index is -2.68. The average Bonchev–Trinajstić information content (AvgIpc) is 2.50. The van der Waals surface area contributed by atoms with Crippen molar-refractivity contribution in [1.29, 1.82) is 0 Å². The van der Waals surface area contributed by atoms with Gasteiger partial charge >= 0.3 is 0 Å². The van der Waals surface area contributed by atoms with Crippen LogP contribution in [0.3, 0.4) is 0 Å². The number of nitrogens with two attached hydrogens (primary N) is 1. The summed E-state index contributed by atoms with van der Waals surface area (Å²) in [5.41, 5.74) is 5.96. The number of methoxy groups -OCH3 is 1. The molecule has 3 N–H and O–H groups in total. The SMILES string of the molecule is [3H]C([3H])([3H])Oc1cc(N)c(Cl)cc1C(=O)N[C@@H]1CN2CCC1CC2. The lowest BCUT2D eigenvalue weighted by Gasteiger charge is -2.44. The van der Waals surface area contributed by atoms with Gasteiger partial charge in [-0.15, -0.1) is 0 Å². The summed E-state index contributed by atoms with van der Waals surface area (Å²) in [6.45, 7) is 2.95. The van der Waals surface area contributed by atoms with E-state index in [-0.39, 0.29) is 28.1 Å². The Morgan fingerprint density at radius 2 is 2.29 bits per heavy atom. The van der Waals surface area contributed by atoms with E-state index >= 15 is 0 Å². The van der Waals surface area contributed by atoms with E-state index in [1.165, 1.54) is 12.1 Å². The molecule has 3 heterocycles. The Morgan fingerprint density at radius 3 is 2.90 bits per heavy atom. The van der Waals surface area contributed by atoms with Crippen LogP contribution in [0.15, 0.2) is 12.1 Å². The van der Waals surface area contributed by atoms with Crippen LogP contribution in [0, 0.1) is 5.92 Å². The van der Waals surface area contributed by atoms with E-state index < -0.39 is 12.9 Å². The minimum absolute atomic E-state index is 0.0527. The molecule has 0 aliphatic carbocycles. The van der Waals surface area contributed by atoms with E-state index in [1.54, 1.807) is 0 Å². The fourth-order valence-electron chi connectivity index (χ4n) is 3.21. The molecule has 1 aromatic carbocycles. The number of carbonyl (C=O) groups is 1. The topological polar surface area (TPSA) is 67.6 Å². The van der Waals surface area contributed by atoms with Gasteiger partial charge in [0.2, 0.25) is 0 Å². The number of nitrogens with one attached hydrogen (secondary N) is 1. The molecule has 5 nitrogen and oxygen atoms in total. The largest absolute Gasteiger partial charge is 0.496 e. The second-order valence-electron chi connectivity index (χ2n) is 5.69. The van der Waals surface area contributed by atoms with Crippen molar-refractivity contribution in [2.24, 2.45) is 5.92 Å². The zero-order valence-electron chi connectivity index (χ0n) is 14.6. The van der Waals surface area contributed by atoms with E-state index in [9.17, 15) is 4.79 Å². The first kappa shape index (κ1) is 11.2. The molecule has 6 heteroatoms. The highest BCUT2D eigenvalue weighted by atomic mass is 35.5. The molecule has 2 bridgehead atoms. The molecule has 3 aliphatic heterocycles. The second-order valence-corrected chi connectivity index (χ2v) is 6.10. The lowest BCUT2D eigenvalue weighted by molar-refractivity contribution is 0.0619. The summed E-state index contributed by atoms with van der Waals surface area (Å²) in [6.07, 6.45) is 2.12. The minimum Gasteiger partial charge on any atom is -0.496 e. The second kappa shape index (κ2) is 5.73. The Bertz CT molecular complexity index is 646. The van der Waals surface area contributed by atoms with Crippen molar-refractivity contribution in [1.82, 2.24) is 10.2 Å². The fourth-order valence-corrected chi connectivity index (χ4v) is 3.37. The quantitative estimate of drug-likeness (QED) is 0.834. The van der Waals surface area contributed by atoms with Gasteiger partial charge in [-0.2, -0.15) is 0 Å². The normalized spacial score (nSPS) is 30.1. The third-order valence-corrected chi connectivity index (χ3v) is 4.75. The van der Waals surface area contributed by atoms with Crippen LogP contribution in [0.2, 0.25) is 5.02 Å². The molecule has 21 heavy (non-hydrogen) atoms. The smallest absolute Gasteiger partial charge is 0.255 e. The molecule has 3 saturated heterocycles. The van der Waals surface area contributed by atoms with Gasteiger partial charge in [-0.3, -0.25) is 4.79 Å². The summed E-state index contributed by atoms with van der Waals surface area (Å²) < 4.78 is 26.7. The maximum atomic E-state index is 12.7. The number of nitrogen functional groups attached to an aromatic ring is 1. The first-order chi connectivity index (χ1) is 11.2. The van der Waals surface area contributed by atoms with Gasteiger partial charge in [-0.25, -0.2) is 0 Å². The highest BCUT2D eigenvalue weighted by Gasteiger charge is 2.35. The van der Waals surface area contributed by atoms with Gasteiger partial charge in [0.1, 0.15) is 5.75 Å². The first-order valence-electron chi connectivity index (χ1n) is 8.54.